The topological polar surface area (TPSA) is 63.6 Å². The molecule has 0 radical (unpaired) electrons. The van der Waals surface area contributed by atoms with Gasteiger partial charge in [-0.15, -0.1) is 0 Å². The van der Waals surface area contributed by atoms with Crippen molar-refractivity contribution in [3.05, 3.63) is 0 Å². The van der Waals surface area contributed by atoms with Gasteiger partial charge in [0.15, 0.2) is 12.4 Å². The van der Waals surface area contributed by atoms with Crippen molar-refractivity contribution in [2.24, 2.45) is 0 Å². The summed E-state index contributed by atoms with van der Waals surface area (Å²) in [7, 11) is 0. The SMILES string of the molecule is O=C(CO)COC(=O)Cl. The number of aliphatic hydroxyl groups is 1. The van der Waals surface area contributed by atoms with E-state index in [1.54, 1.807) is 0 Å². The zero-order chi connectivity index (χ0) is 7.28. The highest BCUT2D eigenvalue weighted by Gasteiger charge is 2.01. The molecule has 0 fully saturated rings. The van der Waals surface area contributed by atoms with Gasteiger partial charge in [-0.25, -0.2) is 4.79 Å². The van der Waals surface area contributed by atoms with E-state index in [0.29, 0.717) is 0 Å². The highest BCUT2D eigenvalue weighted by Crippen LogP contribution is 1.85. The number of halogens is 1. The molecular weight excluding hydrogens is 147 g/mol. The maximum absolute atomic E-state index is 10.1. The van der Waals surface area contributed by atoms with Crippen LogP contribution in [-0.2, 0) is 9.53 Å². The minimum Gasteiger partial charge on any atom is -0.446 e. The minimum atomic E-state index is -1.04. The van der Waals surface area contributed by atoms with Gasteiger partial charge in [-0.2, -0.15) is 0 Å². The number of ketones is 1. The molecule has 0 spiro atoms. The van der Waals surface area contributed by atoms with Crippen LogP contribution < -0.4 is 0 Å². The number of aliphatic hydroxyl groups excluding tert-OH is 1. The number of hydrogen-bond acceptors (Lipinski definition) is 4. The quantitative estimate of drug-likeness (QED) is 0.575. The Balaban J connectivity index is 3.28. The van der Waals surface area contributed by atoms with Crippen LogP contribution in [-0.4, -0.2) is 29.5 Å². The van der Waals surface area contributed by atoms with Crippen molar-refractivity contribution >= 4 is 22.8 Å². The molecule has 0 amide bonds. The third-order valence-corrected chi connectivity index (χ3v) is 0.632. The molecule has 4 nitrogen and oxygen atoms in total. The number of carbonyl (C=O) groups excluding carboxylic acids is 2. The molecule has 0 heterocycles. The summed E-state index contributed by atoms with van der Waals surface area (Å²) in [6.07, 6.45) is 0. The third-order valence-electron chi connectivity index (χ3n) is 0.523. The second-order valence-electron chi connectivity index (χ2n) is 1.22. The maximum atomic E-state index is 10.1. The van der Waals surface area contributed by atoms with E-state index in [4.69, 9.17) is 5.11 Å². The molecule has 0 saturated heterocycles. The lowest BCUT2D eigenvalue weighted by Crippen LogP contribution is -2.13. The van der Waals surface area contributed by atoms with E-state index >= 15 is 0 Å². The summed E-state index contributed by atoms with van der Waals surface area (Å²) >= 11 is 4.68. The van der Waals surface area contributed by atoms with Crippen LogP contribution in [0.5, 0.6) is 0 Å². The molecule has 5 heteroatoms. The van der Waals surface area contributed by atoms with Gasteiger partial charge < -0.3 is 9.84 Å². The van der Waals surface area contributed by atoms with Gasteiger partial charge in [0.1, 0.15) is 6.61 Å². The molecule has 1 N–H and O–H groups in total. The fraction of sp³-hybridized carbons (Fsp3) is 0.500. The lowest BCUT2D eigenvalue weighted by molar-refractivity contribution is -0.124. The minimum absolute atomic E-state index is 0.459. The van der Waals surface area contributed by atoms with E-state index in [2.05, 4.69) is 16.3 Å². The smallest absolute Gasteiger partial charge is 0.404 e. The molecule has 0 aliphatic carbocycles. The van der Waals surface area contributed by atoms with Crippen LogP contribution >= 0.6 is 11.6 Å². The molecule has 0 aromatic rings. The highest BCUT2D eigenvalue weighted by atomic mass is 35.5. The lowest BCUT2D eigenvalue weighted by Gasteiger charge is -1.94. The molecule has 9 heavy (non-hydrogen) atoms. The van der Waals surface area contributed by atoms with Crippen molar-refractivity contribution in [2.75, 3.05) is 13.2 Å². The molecule has 0 unspecified atom stereocenters. The zero-order valence-electron chi connectivity index (χ0n) is 4.46. The summed E-state index contributed by atoms with van der Waals surface area (Å²) in [6.45, 7) is -1.09. The average molecular weight is 153 g/mol. The molecule has 0 rings (SSSR count). The summed E-state index contributed by atoms with van der Waals surface area (Å²) in [5, 5.41) is 8.06. The Morgan fingerprint density at radius 2 is 2.11 bits per heavy atom. The Labute approximate surface area is 56.4 Å². The van der Waals surface area contributed by atoms with Crippen LogP contribution in [0.1, 0.15) is 0 Å². The van der Waals surface area contributed by atoms with Crippen molar-refractivity contribution in [2.45, 2.75) is 0 Å². The average Bonchev–Trinajstić information content (AvgIpc) is 1.83. The summed E-state index contributed by atoms with van der Waals surface area (Å²) < 4.78 is 4.01. The summed E-state index contributed by atoms with van der Waals surface area (Å²) in [6, 6.07) is 0. The highest BCUT2D eigenvalue weighted by molar-refractivity contribution is 6.61. The number of hydrogen-bond donors (Lipinski definition) is 1. The summed E-state index contributed by atoms with van der Waals surface area (Å²) in [5.41, 5.74) is -1.04. The van der Waals surface area contributed by atoms with Crippen LogP contribution in [0.25, 0.3) is 0 Å². The summed E-state index contributed by atoms with van der Waals surface area (Å²) in [4.78, 5) is 19.9. The molecular formula is C4H5ClO4. The van der Waals surface area contributed by atoms with Gasteiger partial charge in [-0.05, 0) is 0 Å². The Kier molecular flexibility index (Phi) is 4.00. The standard InChI is InChI=1S/C4H5ClO4/c5-4(8)9-2-3(7)1-6/h6H,1-2H2. The van der Waals surface area contributed by atoms with Crippen LogP contribution in [0.15, 0.2) is 0 Å². The van der Waals surface area contributed by atoms with Crippen LogP contribution in [0.4, 0.5) is 4.79 Å². The van der Waals surface area contributed by atoms with Crippen molar-refractivity contribution in [3.8, 4) is 0 Å². The normalized spacial score (nSPS) is 8.67. The zero-order valence-corrected chi connectivity index (χ0v) is 5.22. The fourth-order valence-corrected chi connectivity index (χ4v) is 0.237. The predicted octanol–water partition coefficient (Wildman–Crippen LogP) is -0.0768. The lowest BCUT2D eigenvalue weighted by atomic mass is 10.5. The number of carbonyl (C=O) groups is 2. The van der Waals surface area contributed by atoms with Gasteiger partial charge in [0.05, 0.1) is 0 Å². The molecule has 0 aromatic carbocycles. The van der Waals surface area contributed by atoms with Crippen molar-refractivity contribution in [1.29, 1.82) is 0 Å². The molecule has 52 valence electrons. The maximum Gasteiger partial charge on any atom is 0.404 e. The van der Waals surface area contributed by atoms with E-state index in [1.165, 1.54) is 0 Å². The Morgan fingerprint density at radius 3 is 2.44 bits per heavy atom. The van der Waals surface area contributed by atoms with E-state index in [9.17, 15) is 9.59 Å². The monoisotopic (exact) mass is 152 g/mol. The first-order valence-electron chi connectivity index (χ1n) is 2.11. The molecule has 0 saturated carbocycles. The van der Waals surface area contributed by atoms with Crippen LogP contribution in [0.2, 0.25) is 0 Å². The van der Waals surface area contributed by atoms with Crippen molar-refractivity contribution in [3.63, 3.8) is 0 Å². The Hall–Kier alpha value is -0.610. The first-order valence-corrected chi connectivity index (χ1v) is 2.49. The number of Topliss-reactive ketones (excluding diaryl/α,β-unsaturated/α-hetero) is 1. The van der Waals surface area contributed by atoms with Gasteiger partial charge in [0.2, 0.25) is 0 Å². The molecule has 0 aliphatic rings. The van der Waals surface area contributed by atoms with Crippen LogP contribution in [0, 0.1) is 0 Å². The van der Waals surface area contributed by atoms with Crippen molar-refractivity contribution < 1.29 is 19.4 Å². The van der Waals surface area contributed by atoms with Gasteiger partial charge in [0.25, 0.3) is 0 Å². The van der Waals surface area contributed by atoms with E-state index in [0.717, 1.165) is 0 Å². The van der Waals surface area contributed by atoms with Gasteiger partial charge in [-0.1, -0.05) is 0 Å². The van der Waals surface area contributed by atoms with Gasteiger partial charge in [0, 0.05) is 11.6 Å². The van der Waals surface area contributed by atoms with Gasteiger partial charge >= 0.3 is 5.43 Å². The molecule has 0 aromatic heterocycles. The van der Waals surface area contributed by atoms with E-state index in [-0.39, 0.29) is 0 Å². The van der Waals surface area contributed by atoms with Crippen molar-refractivity contribution in [1.82, 2.24) is 0 Å². The molecule has 0 aliphatic heterocycles. The fourth-order valence-electron chi connectivity index (χ4n) is 0.183. The number of ether oxygens (including phenoxy) is 1. The molecule has 0 bridgehead atoms. The largest absolute Gasteiger partial charge is 0.446 e. The first-order chi connectivity index (χ1) is 4.16. The van der Waals surface area contributed by atoms with Gasteiger partial charge in [-0.3, -0.25) is 4.79 Å². The predicted molar refractivity (Wildman–Crippen MR) is 29.3 cm³/mol. The van der Waals surface area contributed by atoms with Crippen LogP contribution in [0.3, 0.4) is 0 Å². The molecule has 0 atom stereocenters. The second kappa shape index (κ2) is 4.29. The number of rotatable bonds is 3. The third kappa shape index (κ3) is 5.26. The van der Waals surface area contributed by atoms with E-state index < -0.39 is 24.4 Å². The first kappa shape index (κ1) is 8.39. The Morgan fingerprint density at radius 1 is 1.56 bits per heavy atom. The Bertz CT molecular complexity index is 122. The second-order valence-corrected chi connectivity index (χ2v) is 1.53. The summed E-state index contributed by atoms with van der Waals surface area (Å²) in [5.74, 6) is -0.580. The van der Waals surface area contributed by atoms with E-state index in [1.807, 2.05) is 0 Å².